The van der Waals surface area contributed by atoms with Gasteiger partial charge in [-0.15, -0.1) is 0 Å². The van der Waals surface area contributed by atoms with E-state index in [0.717, 1.165) is 35.1 Å². The molecule has 1 rings (SSSR count). The van der Waals surface area contributed by atoms with Crippen LogP contribution in [-0.2, 0) is 19.1 Å². The number of esters is 2. The first kappa shape index (κ1) is 46.9. The monoisotopic (exact) mass is 728 g/mol. The molecule has 52 heavy (non-hydrogen) atoms. The van der Waals surface area contributed by atoms with Crippen molar-refractivity contribution in [3.05, 3.63) is 83.1 Å². The largest absolute Gasteiger partial charge is 0.462 e. The van der Waals surface area contributed by atoms with Crippen molar-refractivity contribution in [2.24, 2.45) is 17.8 Å². The highest BCUT2D eigenvalue weighted by molar-refractivity contribution is 5.82. The Balaban J connectivity index is 2.79. The summed E-state index contributed by atoms with van der Waals surface area (Å²) in [5.74, 6) is -0.652. The van der Waals surface area contributed by atoms with Crippen LogP contribution < -0.4 is 0 Å². The van der Waals surface area contributed by atoms with E-state index in [1.807, 2.05) is 71.1 Å². The number of hydrogen-bond donors (Lipinski definition) is 5. The molecular formula is C43H68O9. The van der Waals surface area contributed by atoms with Gasteiger partial charge in [-0.25, -0.2) is 4.79 Å². The van der Waals surface area contributed by atoms with E-state index in [0.29, 0.717) is 25.7 Å². The molecular weight excluding hydrogens is 660 g/mol. The van der Waals surface area contributed by atoms with Gasteiger partial charge in [0, 0.05) is 31.3 Å². The molecule has 0 saturated carbocycles. The molecule has 9 nitrogen and oxygen atoms in total. The van der Waals surface area contributed by atoms with Crippen molar-refractivity contribution < 1.29 is 44.6 Å². The van der Waals surface area contributed by atoms with Gasteiger partial charge in [0.2, 0.25) is 0 Å². The van der Waals surface area contributed by atoms with Gasteiger partial charge in [0.25, 0.3) is 0 Å². The summed E-state index contributed by atoms with van der Waals surface area (Å²) in [5, 5.41) is 49.4. The number of rotatable bonds is 17. The fraction of sp³-hybridized carbons (Fsp3) is 0.628. The van der Waals surface area contributed by atoms with E-state index in [4.69, 9.17) is 9.47 Å². The second kappa shape index (κ2) is 25.0. The fourth-order valence-corrected chi connectivity index (χ4v) is 6.18. The van der Waals surface area contributed by atoms with E-state index in [9.17, 15) is 35.1 Å². The lowest BCUT2D eigenvalue weighted by Gasteiger charge is -2.26. The molecule has 0 aromatic heterocycles. The Morgan fingerprint density at radius 1 is 0.865 bits per heavy atom. The summed E-state index contributed by atoms with van der Waals surface area (Å²) in [6, 6.07) is 0. The van der Waals surface area contributed by atoms with Crippen LogP contribution in [0.1, 0.15) is 114 Å². The number of cyclic esters (lactones) is 1. The molecule has 5 N–H and O–H groups in total. The highest BCUT2D eigenvalue weighted by atomic mass is 16.5. The summed E-state index contributed by atoms with van der Waals surface area (Å²) in [6.07, 6.45) is 17.5. The van der Waals surface area contributed by atoms with Gasteiger partial charge in [0.1, 0.15) is 12.2 Å². The van der Waals surface area contributed by atoms with Gasteiger partial charge in [0.05, 0.1) is 30.5 Å². The maximum Gasteiger partial charge on any atom is 0.331 e. The summed E-state index contributed by atoms with van der Waals surface area (Å²) in [5.41, 5.74) is 3.68. The lowest BCUT2D eigenvalue weighted by atomic mass is 9.90. The SMILES string of the molecule is CC(=C/C=C/C(C)=C/[C@H](O)[C@@H](O)C[C@H](C)O)C=C(C)/C=C/C(=O)O[C@H]1CCCC(=O)O[C@@H]([C@@H](C)C/C(C)=C/[C@@H](C)[C@H](O)C[C@@H](C)O)C/C=C/C[C@@H]1C. The Labute approximate surface area is 313 Å². The van der Waals surface area contributed by atoms with E-state index in [1.54, 1.807) is 26.0 Å². The standard InChI is InChI=1S/C43H68O9/c1-28(14-12-15-29(2)25-38(47)39(48)27-36(9)45)22-30(3)20-21-43(50)51-40-18-13-19-42(49)52-41(17-11-10-16-32(40)5)34(7)24-31(4)23-33(6)37(46)26-35(8)44/h10-12,14-15,20-23,25,32-41,44-48H,13,16-19,24,26-27H2,1-9H3/b11-10+,15-12+,21-20+,28-14?,29-25+,30-22?,31-23+/t32-,33+,34-,35+,36-,37+,38-,39-,40-,41+/m0/s1. The second-order valence-corrected chi connectivity index (χ2v) is 15.1. The van der Waals surface area contributed by atoms with E-state index in [-0.39, 0.29) is 48.8 Å². The van der Waals surface area contributed by atoms with E-state index in [2.05, 4.69) is 19.9 Å². The van der Waals surface area contributed by atoms with Gasteiger partial charge in [-0.1, -0.05) is 97.7 Å². The maximum atomic E-state index is 12.9. The Morgan fingerprint density at radius 3 is 2.15 bits per heavy atom. The van der Waals surface area contributed by atoms with Crippen molar-refractivity contribution in [2.45, 2.75) is 156 Å². The summed E-state index contributed by atoms with van der Waals surface area (Å²) >= 11 is 0. The van der Waals surface area contributed by atoms with Gasteiger partial charge in [-0.2, -0.15) is 0 Å². The Bertz CT molecular complexity index is 1300. The lowest BCUT2D eigenvalue weighted by Crippen LogP contribution is -2.27. The molecule has 0 amide bonds. The average Bonchev–Trinajstić information content (AvgIpc) is 3.03. The molecule has 1 heterocycles. The third kappa shape index (κ3) is 20.8. The minimum atomic E-state index is -1.07. The normalized spacial score (nSPS) is 25.3. The van der Waals surface area contributed by atoms with Crippen LogP contribution in [0, 0.1) is 17.8 Å². The predicted octanol–water partition coefficient (Wildman–Crippen LogP) is 7.15. The maximum absolute atomic E-state index is 12.9. The van der Waals surface area contributed by atoms with Crippen molar-refractivity contribution in [1.29, 1.82) is 0 Å². The molecule has 0 saturated heterocycles. The van der Waals surface area contributed by atoms with Crippen LogP contribution in [0.3, 0.4) is 0 Å². The van der Waals surface area contributed by atoms with E-state index in [1.165, 1.54) is 6.08 Å². The average molecular weight is 729 g/mol. The minimum Gasteiger partial charge on any atom is -0.462 e. The molecule has 0 aromatic carbocycles. The van der Waals surface area contributed by atoms with Crippen LogP contribution in [0.2, 0.25) is 0 Å². The number of ether oxygens (including phenoxy) is 2. The zero-order chi connectivity index (χ0) is 39.4. The second-order valence-electron chi connectivity index (χ2n) is 15.1. The van der Waals surface area contributed by atoms with Crippen LogP contribution in [0.25, 0.3) is 0 Å². The zero-order valence-corrected chi connectivity index (χ0v) is 33.1. The number of aliphatic hydroxyl groups is 5. The molecule has 0 unspecified atom stereocenters. The van der Waals surface area contributed by atoms with Gasteiger partial charge in [-0.05, 0) is 85.5 Å². The van der Waals surface area contributed by atoms with Crippen LogP contribution >= 0.6 is 0 Å². The molecule has 294 valence electrons. The minimum absolute atomic E-state index is 0.0633. The first-order valence-corrected chi connectivity index (χ1v) is 18.9. The highest BCUT2D eigenvalue weighted by Crippen LogP contribution is 2.26. The smallest absolute Gasteiger partial charge is 0.331 e. The lowest BCUT2D eigenvalue weighted by molar-refractivity contribution is -0.151. The Kier molecular flexibility index (Phi) is 22.6. The third-order valence-corrected chi connectivity index (χ3v) is 9.18. The molecule has 0 bridgehead atoms. The van der Waals surface area contributed by atoms with Gasteiger partial charge in [-0.3, -0.25) is 4.79 Å². The third-order valence-electron chi connectivity index (χ3n) is 9.18. The molecule has 0 radical (unpaired) electrons. The first-order chi connectivity index (χ1) is 24.4. The highest BCUT2D eigenvalue weighted by Gasteiger charge is 2.25. The van der Waals surface area contributed by atoms with Gasteiger partial charge < -0.3 is 35.0 Å². The van der Waals surface area contributed by atoms with Crippen molar-refractivity contribution in [3.8, 4) is 0 Å². The summed E-state index contributed by atoms with van der Waals surface area (Å²) in [6.45, 7) is 17.0. The molecule has 0 fully saturated rings. The summed E-state index contributed by atoms with van der Waals surface area (Å²) in [4.78, 5) is 25.7. The van der Waals surface area contributed by atoms with Crippen molar-refractivity contribution >= 4 is 11.9 Å². The molecule has 0 aromatic rings. The number of allylic oxidation sites excluding steroid dienone is 10. The van der Waals surface area contributed by atoms with Crippen LogP contribution in [0.4, 0.5) is 0 Å². The van der Waals surface area contributed by atoms with E-state index < -0.39 is 36.5 Å². The summed E-state index contributed by atoms with van der Waals surface area (Å²) in [7, 11) is 0. The van der Waals surface area contributed by atoms with Crippen molar-refractivity contribution in [2.75, 3.05) is 0 Å². The zero-order valence-electron chi connectivity index (χ0n) is 33.1. The van der Waals surface area contributed by atoms with Crippen LogP contribution in [0.5, 0.6) is 0 Å². The quantitative estimate of drug-likeness (QED) is 0.0455. The van der Waals surface area contributed by atoms with Gasteiger partial charge in [0.15, 0.2) is 0 Å². The van der Waals surface area contributed by atoms with Crippen molar-refractivity contribution in [3.63, 3.8) is 0 Å². The number of hydrogen-bond acceptors (Lipinski definition) is 9. The molecule has 0 spiro atoms. The van der Waals surface area contributed by atoms with Crippen molar-refractivity contribution in [1.82, 2.24) is 0 Å². The predicted molar refractivity (Wildman–Crippen MR) is 208 cm³/mol. The summed E-state index contributed by atoms with van der Waals surface area (Å²) < 4.78 is 11.8. The Hall–Kier alpha value is -3.08. The molecule has 1 aliphatic heterocycles. The topological polar surface area (TPSA) is 154 Å². The Morgan fingerprint density at radius 2 is 1.50 bits per heavy atom. The number of carbonyl (C=O) groups excluding carboxylic acids is 2. The molecule has 9 heteroatoms. The fourth-order valence-electron chi connectivity index (χ4n) is 6.18. The van der Waals surface area contributed by atoms with E-state index >= 15 is 0 Å². The van der Waals surface area contributed by atoms with Crippen LogP contribution in [0.15, 0.2) is 83.1 Å². The number of carbonyl (C=O) groups is 2. The number of aliphatic hydroxyl groups excluding tert-OH is 5. The molecule has 0 aliphatic carbocycles. The van der Waals surface area contributed by atoms with Crippen LogP contribution in [-0.4, -0.2) is 80.2 Å². The molecule has 1 aliphatic rings. The first-order valence-electron chi connectivity index (χ1n) is 18.9. The van der Waals surface area contributed by atoms with Gasteiger partial charge >= 0.3 is 11.9 Å². The molecule has 10 atom stereocenters.